The molecule has 5 heteroatoms. The number of aliphatic hydroxyl groups is 1. The van der Waals surface area contributed by atoms with Crippen molar-refractivity contribution >= 4 is 0 Å². The summed E-state index contributed by atoms with van der Waals surface area (Å²) in [6.07, 6.45) is 1.56. The first-order valence-electron chi connectivity index (χ1n) is 4.49. The summed E-state index contributed by atoms with van der Waals surface area (Å²) < 4.78 is 14.7. The Morgan fingerprint density at radius 1 is 1.47 bits per heavy atom. The van der Waals surface area contributed by atoms with Crippen molar-refractivity contribution in [3.05, 3.63) is 41.5 Å². The second-order valence-electron chi connectivity index (χ2n) is 3.25. The van der Waals surface area contributed by atoms with Crippen LogP contribution >= 0.6 is 0 Å². The van der Waals surface area contributed by atoms with E-state index >= 15 is 0 Å². The Balaban J connectivity index is 2.40. The lowest BCUT2D eigenvalue weighted by Crippen LogP contribution is -1.96. The molecule has 1 aromatic carbocycles. The molecule has 0 fully saturated rings. The number of benzene rings is 1. The van der Waals surface area contributed by atoms with Crippen molar-refractivity contribution in [2.75, 3.05) is 0 Å². The molecule has 0 atom stereocenters. The summed E-state index contributed by atoms with van der Waals surface area (Å²) >= 11 is 0. The Hall–Kier alpha value is -1.75. The van der Waals surface area contributed by atoms with Gasteiger partial charge >= 0.3 is 0 Å². The minimum Gasteiger partial charge on any atom is -0.390 e. The smallest absolute Gasteiger partial charge is 0.128 e. The highest BCUT2D eigenvalue weighted by atomic mass is 19.1. The van der Waals surface area contributed by atoms with E-state index in [9.17, 15) is 4.39 Å². The van der Waals surface area contributed by atoms with Crippen LogP contribution in [0.1, 0.15) is 11.3 Å². The lowest BCUT2D eigenvalue weighted by atomic mass is 10.2. The molecule has 0 aliphatic heterocycles. The maximum Gasteiger partial charge on any atom is 0.128 e. The predicted octanol–water partition coefficient (Wildman–Crippen LogP) is 1.21. The Labute approximate surface area is 86.0 Å². The van der Waals surface area contributed by atoms with Gasteiger partial charge in [-0.2, -0.15) is 0 Å². The maximum atomic E-state index is 13.2. The number of rotatable bonds is 2. The molecule has 0 radical (unpaired) electrons. The number of nitrogens with zero attached hydrogens (tertiary/aromatic N) is 3. The summed E-state index contributed by atoms with van der Waals surface area (Å²) in [6.45, 7) is 1.52. The standard InChI is InChI=1S/C10H10FN3O/c1-7-2-3-9(4-10(7)11)14-5-8(6-15)12-13-14/h2-5,15H,6H2,1H3. The number of hydrogen-bond donors (Lipinski definition) is 1. The molecule has 0 saturated carbocycles. The topological polar surface area (TPSA) is 50.9 Å². The molecular formula is C10H10FN3O. The molecule has 0 aliphatic carbocycles. The van der Waals surface area contributed by atoms with Crippen molar-refractivity contribution in [1.82, 2.24) is 15.0 Å². The third kappa shape index (κ3) is 1.87. The van der Waals surface area contributed by atoms with Gasteiger partial charge in [0.1, 0.15) is 11.5 Å². The van der Waals surface area contributed by atoms with Crippen molar-refractivity contribution in [3.63, 3.8) is 0 Å². The van der Waals surface area contributed by atoms with Crippen LogP contribution in [0.5, 0.6) is 0 Å². The minimum absolute atomic E-state index is 0.172. The summed E-state index contributed by atoms with van der Waals surface area (Å²) in [7, 11) is 0. The van der Waals surface area contributed by atoms with E-state index in [1.54, 1.807) is 25.3 Å². The van der Waals surface area contributed by atoms with Crippen LogP contribution in [-0.2, 0) is 6.61 Å². The molecule has 2 rings (SSSR count). The maximum absolute atomic E-state index is 13.2. The molecule has 1 N–H and O–H groups in total. The first-order chi connectivity index (χ1) is 7.20. The predicted molar refractivity (Wildman–Crippen MR) is 52.0 cm³/mol. The number of aromatic nitrogens is 3. The Morgan fingerprint density at radius 2 is 2.27 bits per heavy atom. The quantitative estimate of drug-likeness (QED) is 0.805. The average Bonchev–Trinajstić information content (AvgIpc) is 2.70. The highest BCUT2D eigenvalue weighted by Gasteiger charge is 2.04. The zero-order valence-corrected chi connectivity index (χ0v) is 8.18. The molecule has 2 aromatic rings. The van der Waals surface area contributed by atoms with E-state index in [-0.39, 0.29) is 12.4 Å². The fourth-order valence-corrected chi connectivity index (χ4v) is 1.22. The van der Waals surface area contributed by atoms with Crippen LogP contribution in [0.2, 0.25) is 0 Å². The normalized spacial score (nSPS) is 10.6. The first kappa shape index (κ1) is 9.79. The van der Waals surface area contributed by atoms with E-state index in [2.05, 4.69) is 10.3 Å². The van der Waals surface area contributed by atoms with Crippen molar-refractivity contribution in [3.8, 4) is 5.69 Å². The lowest BCUT2D eigenvalue weighted by Gasteiger charge is -2.01. The summed E-state index contributed by atoms with van der Waals surface area (Å²) in [4.78, 5) is 0. The second kappa shape index (κ2) is 3.78. The monoisotopic (exact) mass is 207 g/mol. The van der Waals surface area contributed by atoms with Gasteiger partial charge in [0, 0.05) is 0 Å². The lowest BCUT2D eigenvalue weighted by molar-refractivity contribution is 0.276. The third-order valence-corrected chi connectivity index (χ3v) is 2.12. The molecule has 15 heavy (non-hydrogen) atoms. The molecule has 0 bridgehead atoms. The summed E-state index contributed by atoms with van der Waals surface area (Å²) in [5.41, 5.74) is 1.63. The Kier molecular flexibility index (Phi) is 2.47. The van der Waals surface area contributed by atoms with Crippen LogP contribution in [0.25, 0.3) is 5.69 Å². The summed E-state index contributed by atoms with van der Waals surface area (Å²) in [5, 5.41) is 16.3. The minimum atomic E-state index is -0.284. The van der Waals surface area contributed by atoms with Gasteiger partial charge in [-0.3, -0.25) is 0 Å². The zero-order valence-electron chi connectivity index (χ0n) is 8.18. The van der Waals surface area contributed by atoms with E-state index in [1.165, 1.54) is 10.7 Å². The molecule has 78 valence electrons. The van der Waals surface area contributed by atoms with Gasteiger partial charge in [0.05, 0.1) is 18.5 Å². The molecule has 0 spiro atoms. The van der Waals surface area contributed by atoms with Gasteiger partial charge in [0.2, 0.25) is 0 Å². The van der Waals surface area contributed by atoms with Gasteiger partial charge in [-0.25, -0.2) is 9.07 Å². The highest BCUT2D eigenvalue weighted by molar-refractivity contribution is 5.34. The van der Waals surface area contributed by atoms with Gasteiger partial charge in [0.15, 0.2) is 0 Å². The van der Waals surface area contributed by atoms with E-state index in [4.69, 9.17) is 5.11 Å². The second-order valence-corrected chi connectivity index (χ2v) is 3.25. The SMILES string of the molecule is Cc1ccc(-n2cc(CO)nn2)cc1F. The van der Waals surface area contributed by atoms with Crippen LogP contribution in [0, 0.1) is 12.7 Å². The van der Waals surface area contributed by atoms with Gasteiger partial charge in [-0.1, -0.05) is 11.3 Å². The fraction of sp³-hybridized carbons (Fsp3) is 0.200. The summed E-state index contributed by atoms with van der Waals surface area (Å²) in [5.74, 6) is -0.284. The average molecular weight is 207 g/mol. The van der Waals surface area contributed by atoms with Crippen molar-refractivity contribution in [1.29, 1.82) is 0 Å². The molecule has 0 amide bonds. The number of hydrogen-bond acceptors (Lipinski definition) is 3. The van der Waals surface area contributed by atoms with E-state index < -0.39 is 0 Å². The molecule has 0 saturated heterocycles. The fourth-order valence-electron chi connectivity index (χ4n) is 1.22. The van der Waals surface area contributed by atoms with Crippen LogP contribution < -0.4 is 0 Å². The number of aliphatic hydroxyl groups excluding tert-OH is 1. The molecule has 0 unspecified atom stereocenters. The largest absolute Gasteiger partial charge is 0.390 e. The van der Waals surface area contributed by atoms with Gasteiger partial charge < -0.3 is 5.11 Å². The van der Waals surface area contributed by atoms with Crippen LogP contribution in [0.15, 0.2) is 24.4 Å². The highest BCUT2D eigenvalue weighted by Crippen LogP contribution is 2.12. The molecule has 0 aliphatic rings. The van der Waals surface area contributed by atoms with Crippen LogP contribution in [-0.4, -0.2) is 20.1 Å². The van der Waals surface area contributed by atoms with Gasteiger partial charge in [0.25, 0.3) is 0 Å². The number of halogens is 1. The van der Waals surface area contributed by atoms with Crippen LogP contribution in [0.4, 0.5) is 4.39 Å². The third-order valence-electron chi connectivity index (χ3n) is 2.12. The molecule has 1 aromatic heterocycles. The zero-order chi connectivity index (χ0) is 10.8. The van der Waals surface area contributed by atoms with Crippen molar-refractivity contribution < 1.29 is 9.50 Å². The van der Waals surface area contributed by atoms with Crippen LogP contribution in [0.3, 0.4) is 0 Å². The molecule has 1 heterocycles. The molecule has 4 nitrogen and oxygen atoms in total. The van der Waals surface area contributed by atoms with Gasteiger partial charge in [-0.05, 0) is 24.6 Å². The Morgan fingerprint density at radius 3 is 2.87 bits per heavy atom. The molecular weight excluding hydrogens is 197 g/mol. The van der Waals surface area contributed by atoms with E-state index in [1.807, 2.05) is 0 Å². The number of aryl methyl sites for hydroxylation is 1. The van der Waals surface area contributed by atoms with Crippen molar-refractivity contribution in [2.45, 2.75) is 13.5 Å². The Bertz CT molecular complexity index is 481. The van der Waals surface area contributed by atoms with Crippen molar-refractivity contribution in [2.24, 2.45) is 0 Å². The van der Waals surface area contributed by atoms with E-state index in [0.29, 0.717) is 16.9 Å². The van der Waals surface area contributed by atoms with Gasteiger partial charge in [-0.15, -0.1) is 5.10 Å². The first-order valence-corrected chi connectivity index (χ1v) is 4.49. The van der Waals surface area contributed by atoms with E-state index in [0.717, 1.165) is 0 Å². The summed E-state index contributed by atoms with van der Waals surface area (Å²) in [6, 6.07) is 4.80.